The fraction of sp³-hybridized carbons (Fsp3) is 0.615. The van der Waals surface area contributed by atoms with Crippen molar-refractivity contribution in [1.29, 1.82) is 5.26 Å². The molecule has 0 radical (unpaired) electrons. The number of aryl methyl sites for hydroxylation is 2. The summed E-state index contributed by atoms with van der Waals surface area (Å²) in [5.41, 5.74) is 2.95. The number of unbranched alkanes of at least 4 members (excludes halogenated alkanes) is 1. The Morgan fingerprint density at radius 2 is 2.44 bits per heavy atom. The Labute approximate surface area is 97.1 Å². The summed E-state index contributed by atoms with van der Waals surface area (Å²) in [4.78, 5) is 0. The maximum atomic E-state index is 8.52. The number of rotatable bonds is 4. The van der Waals surface area contributed by atoms with Crippen LogP contribution in [0.3, 0.4) is 0 Å². The third-order valence-corrected chi connectivity index (χ3v) is 3.37. The number of nitrogens with one attached hydrogen (secondary N) is 1. The van der Waals surface area contributed by atoms with E-state index in [1.807, 2.05) is 7.05 Å². The molecule has 0 fully saturated rings. The molecule has 3 heteroatoms. The lowest BCUT2D eigenvalue weighted by atomic mass is 9.91. The molecule has 1 aromatic heterocycles. The molecule has 0 aliphatic heterocycles. The van der Waals surface area contributed by atoms with Gasteiger partial charge in [-0.1, -0.05) is 0 Å². The van der Waals surface area contributed by atoms with Crippen LogP contribution in [0.1, 0.15) is 42.9 Å². The first-order valence-corrected chi connectivity index (χ1v) is 6.08. The number of aromatic nitrogens is 1. The summed E-state index contributed by atoms with van der Waals surface area (Å²) in [6.45, 7) is 0.969. The monoisotopic (exact) mass is 217 g/mol. The highest BCUT2D eigenvalue weighted by Gasteiger charge is 2.20. The minimum atomic E-state index is 0.529. The first-order chi connectivity index (χ1) is 7.85. The molecule has 1 atom stereocenters. The van der Waals surface area contributed by atoms with Gasteiger partial charge in [-0.05, 0) is 43.9 Å². The zero-order valence-corrected chi connectivity index (χ0v) is 9.87. The van der Waals surface area contributed by atoms with E-state index in [2.05, 4.69) is 28.3 Å². The van der Waals surface area contributed by atoms with Gasteiger partial charge < -0.3 is 9.88 Å². The fourth-order valence-corrected chi connectivity index (χ4v) is 2.52. The Kier molecular flexibility index (Phi) is 3.63. The summed E-state index contributed by atoms with van der Waals surface area (Å²) in [5, 5.41) is 11.9. The average Bonchev–Trinajstić information content (AvgIpc) is 2.71. The molecule has 0 bridgehead atoms. The number of fused-ring (bicyclic) bond motifs is 1. The highest BCUT2D eigenvalue weighted by atomic mass is 15.0. The van der Waals surface area contributed by atoms with Gasteiger partial charge in [0.15, 0.2) is 0 Å². The lowest BCUT2D eigenvalue weighted by Gasteiger charge is -2.21. The average molecular weight is 217 g/mol. The van der Waals surface area contributed by atoms with E-state index in [1.165, 1.54) is 30.4 Å². The minimum Gasteiger partial charge on any atom is -0.354 e. The van der Waals surface area contributed by atoms with Crippen LogP contribution in [0.5, 0.6) is 0 Å². The van der Waals surface area contributed by atoms with Crippen molar-refractivity contribution in [2.45, 2.75) is 44.7 Å². The number of nitrogens with zero attached hydrogens (tertiary/aromatic N) is 2. The molecule has 16 heavy (non-hydrogen) atoms. The summed E-state index contributed by atoms with van der Waals surface area (Å²) in [6, 6.07) is 2.72. The van der Waals surface area contributed by atoms with Crippen LogP contribution in [0.15, 0.2) is 12.4 Å². The highest BCUT2D eigenvalue weighted by molar-refractivity contribution is 5.30. The van der Waals surface area contributed by atoms with Crippen molar-refractivity contribution in [3.8, 4) is 6.07 Å². The third-order valence-electron chi connectivity index (χ3n) is 3.37. The molecule has 1 unspecified atom stereocenters. The van der Waals surface area contributed by atoms with Gasteiger partial charge in [-0.3, -0.25) is 0 Å². The minimum absolute atomic E-state index is 0.529. The van der Waals surface area contributed by atoms with E-state index in [1.54, 1.807) is 0 Å². The molecule has 0 amide bonds. The van der Waals surface area contributed by atoms with Crippen molar-refractivity contribution >= 4 is 0 Å². The Hall–Kier alpha value is -1.27. The molecule has 0 saturated carbocycles. The predicted molar refractivity (Wildman–Crippen MR) is 64.0 cm³/mol. The van der Waals surface area contributed by atoms with E-state index < -0.39 is 0 Å². The van der Waals surface area contributed by atoms with Gasteiger partial charge in [0.2, 0.25) is 0 Å². The zero-order valence-electron chi connectivity index (χ0n) is 9.87. The van der Waals surface area contributed by atoms with Gasteiger partial charge in [0.1, 0.15) is 0 Å². The zero-order chi connectivity index (χ0) is 11.4. The summed E-state index contributed by atoms with van der Waals surface area (Å²) in [7, 11) is 2.03. The van der Waals surface area contributed by atoms with Crippen molar-refractivity contribution in [1.82, 2.24) is 9.88 Å². The molecule has 1 aromatic rings. The SMILES string of the molecule is CNC1CCCc2cn(CCCC#N)cc21. The molecular weight excluding hydrogens is 198 g/mol. The van der Waals surface area contributed by atoms with Gasteiger partial charge in [-0.25, -0.2) is 0 Å². The summed E-state index contributed by atoms with van der Waals surface area (Å²) >= 11 is 0. The molecule has 0 saturated heterocycles. The molecule has 0 aromatic carbocycles. The maximum absolute atomic E-state index is 8.52. The highest BCUT2D eigenvalue weighted by Crippen LogP contribution is 2.30. The number of hydrogen-bond acceptors (Lipinski definition) is 2. The summed E-state index contributed by atoms with van der Waals surface area (Å²) < 4.78 is 2.25. The first kappa shape index (κ1) is 11.2. The second-order valence-electron chi connectivity index (χ2n) is 4.47. The van der Waals surface area contributed by atoms with Gasteiger partial charge in [-0.2, -0.15) is 5.26 Å². The summed E-state index contributed by atoms with van der Waals surface area (Å²) in [6.07, 6.45) is 9.85. The van der Waals surface area contributed by atoms with Crippen LogP contribution in [-0.4, -0.2) is 11.6 Å². The molecule has 1 N–H and O–H groups in total. The smallest absolute Gasteiger partial charge is 0.0622 e. The van der Waals surface area contributed by atoms with Gasteiger partial charge in [0, 0.05) is 31.4 Å². The van der Waals surface area contributed by atoms with Gasteiger partial charge >= 0.3 is 0 Å². The molecule has 1 aliphatic rings. The number of hydrogen-bond donors (Lipinski definition) is 1. The molecular formula is C13H19N3. The van der Waals surface area contributed by atoms with E-state index in [-0.39, 0.29) is 0 Å². The van der Waals surface area contributed by atoms with Crippen molar-refractivity contribution in [3.05, 3.63) is 23.5 Å². The van der Waals surface area contributed by atoms with Crippen molar-refractivity contribution < 1.29 is 0 Å². The normalized spacial score (nSPS) is 19.1. The van der Waals surface area contributed by atoms with Gasteiger partial charge in [-0.15, -0.1) is 0 Å². The maximum Gasteiger partial charge on any atom is 0.0622 e. The van der Waals surface area contributed by atoms with Gasteiger partial charge in [0.05, 0.1) is 6.07 Å². The van der Waals surface area contributed by atoms with Crippen molar-refractivity contribution in [2.24, 2.45) is 0 Å². The third kappa shape index (κ3) is 2.28. The summed E-state index contributed by atoms with van der Waals surface area (Å²) in [5.74, 6) is 0. The standard InChI is InChI=1S/C13H19N3/c1-15-13-6-4-5-11-9-16(10-12(11)13)8-3-2-7-14/h9-10,13,15H,2-6,8H2,1H3. The second kappa shape index (κ2) is 5.18. The molecule has 0 spiro atoms. The van der Waals surface area contributed by atoms with Crippen LogP contribution < -0.4 is 5.32 Å². The predicted octanol–water partition coefficient (Wildman–Crippen LogP) is 2.39. The Balaban J connectivity index is 2.07. The van der Waals surface area contributed by atoms with E-state index in [4.69, 9.17) is 5.26 Å². The Morgan fingerprint density at radius 1 is 1.56 bits per heavy atom. The quantitative estimate of drug-likeness (QED) is 0.787. The second-order valence-corrected chi connectivity index (χ2v) is 4.47. The van der Waals surface area contributed by atoms with Crippen molar-refractivity contribution in [2.75, 3.05) is 7.05 Å². The Bertz CT molecular complexity index is 386. The van der Waals surface area contributed by atoms with Crippen LogP contribution in [0.2, 0.25) is 0 Å². The Morgan fingerprint density at radius 3 is 3.19 bits per heavy atom. The molecule has 86 valence electrons. The lowest BCUT2D eigenvalue weighted by molar-refractivity contribution is 0.498. The molecule has 2 rings (SSSR count). The van der Waals surface area contributed by atoms with E-state index >= 15 is 0 Å². The van der Waals surface area contributed by atoms with Gasteiger partial charge in [0.25, 0.3) is 0 Å². The molecule has 1 heterocycles. The van der Waals surface area contributed by atoms with E-state index in [9.17, 15) is 0 Å². The number of nitriles is 1. The largest absolute Gasteiger partial charge is 0.354 e. The van der Waals surface area contributed by atoms with Crippen LogP contribution >= 0.6 is 0 Å². The van der Waals surface area contributed by atoms with Crippen LogP contribution in [-0.2, 0) is 13.0 Å². The van der Waals surface area contributed by atoms with E-state index in [0.29, 0.717) is 12.5 Å². The fourth-order valence-electron chi connectivity index (χ4n) is 2.52. The molecule has 1 aliphatic carbocycles. The van der Waals surface area contributed by atoms with Crippen LogP contribution in [0.4, 0.5) is 0 Å². The lowest BCUT2D eigenvalue weighted by Crippen LogP contribution is -2.20. The molecule has 3 nitrogen and oxygen atoms in total. The first-order valence-electron chi connectivity index (χ1n) is 6.08. The topological polar surface area (TPSA) is 40.8 Å². The van der Waals surface area contributed by atoms with E-state index in [0.717, 1.165) is 13.0 Å². The van der Waals surface area contributed by atoms with Crippen molar-refractivity contribution in [3.63, 3.8) is 0 Å². The van der Waals surface area contributed by atoms with Crippen LogP contribution in [0.25, 0.3) is 0 Å². The van der Waals surface area contributed by atoms with Crippen LogP contribution in [0, 0.1) is 11.3 Å².